The molecule has 1 aliphatic heterocycles. The van der Waals surface area contributed by atoms with Crippen molar-refractivity contribution in [2.45, 2.75) is 176 Å². The molecule has 726 valence electrons. The van der Waals surface area contributed by atoms with E-state index in [4.69, 9.17) is 61.6 Å². The molecule has 1 heterocycles. The van der Waals surface area contributed by atoms with Crippen molar-refractivity contribution >= 4 is 82.2 Å². The fraction of sp³-hybridized carbons (Fsp3) is 0.594. The van der Waals surface area contributed by atoms with E-state index in [1.165, 1.54) is 24.8 Å². The monoisotopic (exact) mass is 1840 g/mol. The number of rotatable bonds is 67. The van der Waals surface area contributed by atoms with Crippen molar-refractivity contribution in [2.75, 3.05) is 195 Å². The second-order valence-corrected chi connectivity index (χ2v) is 33.6. The minimum atomic E-state index is -1.42. The molecule has 4 aromatic rings. The van der Waals surface area contributed by atoms with Gasteiger partial charge in [-0.25, -0.2) is 9.59 Å². The van der Waals surface area contributed by atoms with Gasteiger partial charge in [-0.1, -0.05) is 135 Å². The van der Waals surface area contributed by atoms with Gasteiger partial charge in [0.15, 0.2) is 0 Å². The summed E-state index contributed by atoms with van der Waals surface area (Å²) in [6.45, 7) is 27.9. The lowest BCUT2D eigenvalue weighted by molar-refractivity contribution is -0.141. The number of Topliss-reactive ketones (excluding diaryl/α,β-unsaturated/α-hetero) is 1. The molecule has 0 saturated heterocycles. The standard InChI is InChI=1S/C96H142N10O25/c1-67(2)81(62-69(5)93(116)117)105(13)92(115)87(95(7,8)9)104-91(114)86(97-12)96(10,11)75-25-21-26-77(63-75)100-94(118)131-66-71-31-35-76(36-32-71)99-88(111)78(37-30-70(6)107)102-90(113)85(68(3)4)103-89(112)79(101-83(109)28-19-20-29-84(110)106-65-74-24-16-15-22-72(74)33-34-73-23-17-18-27-80(73)106)64-98-82(108)38-39-120-42-43-122-46-47-124-50-51-126-54-55-128-58-59-130-61-60-129-57-56-127-53-52-125-49-48-123-45-44-121-41-40-119-14/h15-18,21-27,31-32,35-36,62-63,67-68,78-79,81,85-87,97H,19-20,28-30,37-61,64-66H2,1-14H3,(H,98,108)(H,99,111)(H,100,118)(H,101,109)(H,102,113)(H,103,112)(H,104,114)(H,116,117)/b69-62+. The Kier molecular flexibility index (Phi) is 52.9. The largest absolute Gasteiger partial charge is 0.478 e. The zero-order valence-electron chi connectivity index (χ0n) is 78.9. The number of hydrogen-bond acceptors (Lipinski definition) is 25. The fourth-order valence-corrected chi connectivity index (χ4v) is 13.5. The predicted octanol–water partition coefficient (Wildman–Crippen LogP) is 7.61. The topological polar surface area (TPSA) is 431 Å². The van der Waals surface area contributed by atoms with Gasteiger partial charge in [-0.15, -0.1) is 0 Å². The minimum Gasteiger partial charge on any atom is -0.478 e. The number of nitrogens with one attached hydrogen (secondary N) is 8. The van der Waals surface area contributed by atoms with Crippen LogP contribution in [0.25, 0.3) is 0 Å². The Morgan fingerprint density at radius 3 is 1.53 bits per heavy atom. The van der Waals surface area contributed by atoms with Crippen molar-refractivity contribution in [3.63, 3.8) is 0 Å². The molecule has 0 spiro atoms. The van der Waals surface area contributed by atoms with Crippen LogP contribution in [0.4, 0.5) is 21.9 Å². The van der Waals surface area contributed by atoms with Crippen molar-refractivity contribution in [3.8, 4) is 11.8 Å². The lowest BCUT2D eigenvalue weighted by Gasteiger charge is -2.40. The third-order valence-corrected chi connectivity index (χ3v) is 21.0. The molecule has 5 rings (SSSR count). The fourth-order valence-electron chi connectivity index (χ4n) is 13.5. The summed E-state index contributed by atoms with van der Waals surface area (Å²) in [6.07, 6.45) is 0.921. The van der Waals surface area contributed by atoms with Gasteiger partial charge in [0.05, 0.1) is 176 Å². The summed E-state index contributed by atoms with van der Waals surface area (Å²) in [5, 5.41) is 32.1. The van der Waals surface area contributed by atoms with E-state index in [0.29, 0.717) is 167 Å². The van der Waals surface area contributed by atoms with Crippen LogP contribution in [0.2, 0.25) is 0 Å². The van der Waals surface area contributed by atoms with Crippen molar-refractivity contribution < 1.29 is 119 Å². The van der Waals surface area contributed by atoms with Gasteiger partial charge < -0.3 is 118 Å². The number of hydrogen-bond donors (Lipinski definition) is 9. The maximum Gasteiger partial charge on any atom is 0.411 e. The van der Waals surface area contributed by atoms with Crippen LogP contribution >= 0.6 is 0 Å². The van der Waals surface area contributed by atoms with Crippen LogP contribution in [-0.2, 0) is 128 Å². The van der Waals surface area contributed by atoms with Gasteiger partial charge in [0, 0.05) is 79.9 Å². The first kappa shape index (κ1) is 111. The minimum absolute atomic E-state index is 0.00832. The van der Waals surface area contributed by atoms with E-state index in [1.54, 1.807) is 88.5 Å². The van der Waals surface area contributed by atoms with Gasteiger partial charge in [0.2, 0.25) is 47.3 Å². The highest BCUT2D eigenvalue weighted by molar-refractivity contribution is 6.00. The Morgan fingerprint density at radius 1 is 0.504 bits per heavy atom. The molecule has 0 aliphatic carbocycles. The SMILES string of the molecule is CNC(C(=O)NC(C(=O)N(C)C(/C=C(\C)C(=O)O)C(C)C)C(C)(C)C)C(C)(C)c1cccc(NC(=O)OCc2ccc(NC(=O)C(CCC(C)=O)NC(=O)C(NC(=O)C(CNC(=O)CCOCCOCCOCCOCCOCCOCCOCCOCCOCCOCCOCCOC)NC(=O)CCCCC(=O)N3Cc4ccccc4C#Cc4ccccc43)C(C)C)cc2)c1. The van der Waals surface area contributed by atoms with Crippen molar-refractivity contribution in [3.05, 3.63) is 137 Å². The number of anilines is 3. The Balaban J connectivity index is 1.08. The summed E-state index contributed by atoms with van der Waals surface area (Å²) < 4.78 is 71.3. The molecule has 131 heavy (non-hydrogen) atoms. The molecular formula is C96H142N10O25. The van der Waals surface area contributed by atoms with Crippen LogP contribution in [0.1, 0.15) is 149 Å². The average molecular weight is 1840 g/mol. The van der Waals surface area contributed by atoms with E-state index in [-0.39, 0.29) is 100 Å². The van der Waals surface area contributed by atoms with Gasteiger partial charge in [0.1, 0.15) is 36.6 Å². The van der Waals surface area contributed by atoms with E-state index in [0.717, 1.165) is 11.1 Å². The van der Waals surface area contributed by atoms with E-state index in [2.05, 4.69) is 54.4 Å². The number of likely N-dealkylation sites (N-methyl/N-ethyl adjacent to an activating group) is 2. The number of carboxylic acid groups (broad SMARTS) is 1. The van der Waals surface area contributed by atoms with Crippen LogP contribution in [0.5, 0.6) is 0 Å². The van der Waals surface area contributed by atoms with E-state index in [1.807, 2.05) is 97.0 Å². The number of carboxylic acids is 1. The third-order valence-electron chi connectivity index (χ3n) is 21.0. The van der Waals surface area contributed by atoms with Crippen LogP contribution in [0.15, 0.2) is 109 Å². The normalized spacial score (nSPS) is 13.4. The number of benzene rings is 4. The third kappa shape index (κ3) is 43.4. The Labute approximate surface area is 771 Å². The molecular weight excluding hydrogens is 1690 g/mol. The number of nitrogens with zero attached hydrogens (tertiary/aromatic N) is 2. The summed E-state index contributed by atoms with van der Waals surface area (Å²) in [6, 6.07) is 21.7. The first-order valence-electron chi connectivity index (χ1n) is 44.9. The Bertz CT molecular complexity index is 4260. The molecule has 4 aromatic carbocycles. The van der Waals surface area contributed by atoms with E-state index in [9.17, 15) is 57.8 Å². The molecule has 35 heteroatoms. The molecule has 1 aliphatic rings. The molecule has 9 amide bonds. The second kappa shape index (κ2) is 62.3. The number of ketones is 1. The zero-order valence-corrected chi connectivity index (χ0v) is 78.9. The first-order chi connectivity index (χ1) is 62.7. The van der Waals surface area contributed by atoms with Gasteiger partial charge in [-0.2, -0.15) is 0 Å². The molecule has 6 unspecified atom stereocenters. The molecule has 0 fully saturated rings. The Hall–Kier alpha value is -10.2. The highest BCUT2D eigenvalue weighted by Gasteiger charge is 2.43. The second-order valence-electron chi connectivity index (χ2n) is 33.6. The van der Waals surface area contributed by atoms with Gasteiger partial charge in [0.25, 0.3) is 0 Å². The number of amides is 9. The number of fused-ring (bicyclic) bond motifs is 2. The highest BCUT2D eigenvalue weighted by atomic mass is 16.6. The highest BCUT2D eigenvalue weighted by Crippen LogP contribution is 2.32. The Morgan fingerprint density at radius 2 is 1.02 bits per heavy atom. The molecule has 35 nitrogen and oxygen atoms in total. The van der Waals surface area contributed by atoms with Crippen LogP contribution in [-0.4, -0.2) is 291 Å². The van der Waals surface area contributed by atoms with Crippen molar-refractivity contribution in [1.29, 1.82) is 0 Å². The summed E-state index contributed by atoms with van der Waals surface area (Å²) in [4.78, 5) is 154. The number of carbonyl (C=O) groups is 11. The van der Waals surface area contributed by atoms with Crippen molar-refractivity contribution in [1.82, 2.24) is 36.8 Å². The number of unbranched alkanes of at least 4 members (excludes halogenated alkanes) is 1. The number of aliphatic carboxylic acids is 1. The molecule has 9 N–H and O–H groups in total. The van der Waals surface area contributed by atoms with Crippen LogP contribution in [0.3, 0.4) is 0 Å². The summed E-state index contributed by atoms with van der Waals surface area (Å²) in [7, 11) is 4.85. The van der Waals surface area contributed by atoms with E-state index < -0.39 is 113 Å². The number of ether oxygens (including phenoxy) is 13. The predicted molar refractivity (Wildman–Crippen MR) is 493 cm³/mol. The lowest BCUT2D eigenvalue weighted by Crippen LogP contribution is -2.61. The smallest absolute Gasteiger partial charge is 0.411 e. The molecule has 6 atom stereocenters. The molecule has 0 bridgehead atoms. The summed E-state index contributed by atoms with van der Waals surface area (Å²) in [5.41, 5.74) is 3.27. The quantitative estimate of drug-likeness (QED) is 0.0117. The lowest BCUT2D eigenvalue weighted by atomic mass is 9.76. The zero-order chi connectivity index (χ0) is 95.9. The van der Waals surface area contributed by atoms with E-state index >= 15 is 0 Å². The number of methoxy groups -OCH3 is 1. The summed E-state index contributed by atoms with van der Waals surface area (Å²) >= 11 is 0. The molecule has 0 radical (unpaired) electrons. The number of carbonyl (C=O) groups excluding carboxylic acids is 10. The van der Waals surface area contributed by atoms with Gasteiger partial charge >= 0.3 is 12.1 Å². The maximum absolute atomic E-state index is 14.5. The first-order valence-corrected chi connectivity index (χ1v) is 44.9. The molecule has 0 aromatic heterocycles. The molecule has 0 saturated carbocycles. The summed E-state index contributed by atoms with van der Waals surface area (Å²) in [5.74, 6) is -0.146. The maximum atomic E-state index is 14.5. The number of para-hydroxylation sites is 1. The van der Waals surface area contributed by atoms with Crippen molar-refractivity contribution in [2.24, 2.45) is 17.3 Å². The van der Waals surface area contributed by atoms with Gasteiger partial charge in [-0.3, -0.25) is 43.7 Å². The van der Waals surface area contributed by atoms with Gasteiger partial charge in [-0.05, 0) is 117 Å². The average Bonchev–Trinajstić information content (AvgIpc) is 0.785. The van der Waals surface area contributed by atoms with Crippen LogP contribution in [0, 0.1) is 29.1 Å². The van der Waals surface area contributed by atoms with Crippen LogP contribution < -0.4 is 47.4 Å².